The molecule has 0 radical (unpaired) electrons. The van der Waals surface area contributed by atoms with Crippen LogP contribution in [0.4, 0.5) is 0 Å². The Morgan fingerprint density at radius 1 is 1.00 bits per heavy atom. The average molecular weight is 423 g/mol. The number of nitrogens with zero attached hydrogens (tertiary/aromatic N) is 3. The molecule has 1 saturated heterocycles. The normalized spacial score (nSPS) is 15.5. The monoisotopic (exact) mass is 422 g/mol. The number of nitrogens with one attached hydrogen (secondary N) is 1. The maximum absolute atomic E-state index is 12.2. The van der Waals surface area contributed by atoms with Crippen LogP contribution in [0.5, 0.6) is 0 Å². The predicted molar refractivity (Wildman–Crippen MR) is 124 cm³/mol. The second-order valence-corrected chi connectivity index (χ2v) is 8.99. The first kappa shape index (κ1) is 21.0. The molecule has 1 N–H and O–H groups in total. The number of benzene rings is 2. The molecule has 0 bridgehead atoms. The molecule has 0 aliphatic carbocycles. The fourth-order valence-electron chi connectivity index (χ4n) is 3.82. The van der Waals surface area contributed by atoms with Crippen molar-refractivity contribution in [3.05, 3.63) is 64.7 Å². The second-order valence-electron chi connectivity index (χ2n) is 7.88. The maximum Gasteiger partial charge on any atom is 0.220 e. The van der Waals surface area contributed by atoms with Gasteiger partial charge in [-0.05, 0) is 29.8 Å². The fraction of sp³-hybridized carbons (Fsp3) is 0.417. The number of hydrogen-bond acceptors (Lipinski definition) is 5. The van der Waals surface area contributed by atoms with E-state index in [1.54, 1.807) is 11.3 Å². The quantitative estimate of drug-likeness (QED) is 0.602. The van der Waals surface area contributed by atoms with Crippen molar-refractivity contribution in [1.29, 1.82) is 0 Å². The third-order valence-electron chi connectivity index (χ3n) is 5.74. The number of piperazine rings is 1. The van der Waals surface area contributed by atoms with E-state index in [4.69, 9.17) is 0 Å². The van der Waals surface area contributed by atoms with E-state index in [2.05, 4.69) is 57.4 Å². The minimum absolute atomic E-state index is 0.0760. The van der Waals surface area contributed by atoms with Gasteiger partial charge < -0.3 is 10.2 Å². The molecule has 0 atom stereocenters. The van der Waals surface area contributed by atoms with Crippen molar-refractivity contribution < 1.29 is 4.79 Å². The SMILES string of the molecule is CCN1CCN(Cc2ccc(CNC(=O)CCc3nc4ccccc4s3)cc2)CC1. The Balaban J connectivity index is 1.19. The van der Waals surface area contributed by atoms with E-state index in [-0.39, 0.29) is 5.91 Å². The highest BCUT2D eigenvalue weighted by Crippen LogP contribution is 2.22. The van der Waals surface area contributed by atoms with Crippen LogP contribution in [0.1, 0.15) is 29.5 Å². The smallest absolute Gasteiger partial charge is 0.220 e. The van der Waals surface area contributed by atoms with Crippen LogP contribution >= 0.6 is 11.3 Å². The van der Waals surface area contributed by atoms with Crippen molar-refractivity contribution >= 4 is 27.5 Å². The molecule has 0 saturated carbocycles. The van der Waals surface area contributed by atoms with Crippen LogP contribution in [0, 0.1) is 0 Å². The van der Waals surface area contributed by atoms with E-state index >= 15 is 0 Å². The predicted octanol–water partition coefficient (Wildman–Crippen LogP) is 3.68. The Morgan fingerprint density at radius 3 is 2.43 bits per heavy atom. The molecule has 2 heterocycles. The summed E-state index contributed by atoms with van der Waals surface area (Å²) in [6.45, 7) is 9.57. The standard InChI is InChI=1S/C24H30N4OS/c1-2-27-13-15-28(16-14-27)18-20-9-7-19(8-10-20)17-25-23(29)11-12-24-26-21-5-3-4-6-22(21)30-24/h3-10H,2,11-18H2,1H3,(H,25,29). The molecule has 1 aliphatic rings. The lowest BCUT2D eigenvalue weighted by Crippen LogP contribution is -2.45. The lowest BCUT2D eigenvalue weighted by molar-refractivity contribution is -0.121. The number of fused-ring (bicyclic) bond motifs is 1. The lowest BCUT2D eigenvalue weighted by atomic mass is 10.1. The highest BCUT2D eigenvalue weighted by molar-refractivity contribution is 7.18. The van der Waals surface area contributed by atoms with Crippen molar-refractivity contribution in [3.63, 3.8) is 0 Å². The number of amides is 1. The van der Waals surface area contributed by atoms with Crippen LogP contribution < -0.4 is 5.32 Å². The van der Waals surface area contributed by atoms with Gasteiger partial charge in [-0.3, -0.25) is 9.69 Å². The zero-order valence-corrected chi connectivity index (χ0v) is 18.5. The zero-order valence-electron chi connectivity index (χ0n) is 17.6. The molecule has 1 aliphatic heterocycles. The summed E-state index contributed by atoms with van der Waals surface area (Å²) in [7, 11) is 0. The molecule has 0 unspecified atom stereocenters. The first-order chi connectivity index (χ1) is 14.7. The van der Waals surface area contributed by atoms with Gasteiger partial charge in [-0.2, -0.15) is 0 Å². The Hall–Kier alpha value is -2.28. The van der Waals surface area contributed by atoms with Crippen molar-refractivity contribution in [1.82, 2.24) is 20.1 Å². The summed E-state index contributed by atoms with van der Waals surface area (Å²) in [4.78, 5) is 21.9. The van der Waals surface area contributed by atoms with Gasteiger partial charge in [0.25, 0.3) is 0 Å². The third-order valence-corrected chi connectivity index (χ3v) is 6.83. The Labute approximate surface area is 182 Å². The van der Waals surface area contributed by atoms with E-state index < -0.39 is 0 Å². The summed E-state index contributed by atoms with van der Waals surface area (Å²) in [6.07, 6.45) is 1.16. The van der Waals surface area contributed by atoms with Crippen molar-refractivity contribution in [2.45, 2.75) is 32.9 Å². The summed E-state index contributed by atoms with van der Waals surface area (Å²) in [5, 5.41) is 4.06. The molecule has 6 heteroatoms. The highest BCUT2D eigenvalue weighted by Gasteiger charge is 2.15. The molecule has 5 nitrogen and oxygen atoms in total. The van der Waals surface area contributed by atoms with Crippen LogP contribution in [0.15, 0.2) is 48.5 Å². The first-order valence-electron chi connectivity index (χ1n) is 10.8. The van der Waals surface area contributed by atoms with Crippen molar-refractivity contribution in [2.24, 2.45) is 0 Å². The van der Waals surface area contributed by atoms with Gasteiger partial charge in [-0.15, -0.1) is 11.3 Å². The fourth-order valence-corrected chi connectivity index (χ4v) is 4.79. The summed E-state index contributed by atoms with van der Waals surface area (Å²) in [5.41, 5.74) is 3.50. The van der Waals surface area contributed by atoms with Crippen LogP contribution in [0.2, 0.25) is 0 Å². The molecule has 2 aromatic carbocycles. The van der Waals surface area contributed by atoms with Gasteiger partial charge in [0, 0.05) is 52.1 Å². The summed E-state index contributed by atoms with van der Waals surface area (Å²) >= 11 is 1.67. The minimum atomic E-state index is 0.0760. The van der Waals surface area contributed by atoms with Gasteiger partial charge in [-0.25, -0.2) is 4.98 Å². The first-order valence-corrected chi connectivity index (χ1v) is 11.6. The number of carbonyl (C=O) groups excluding carboxylic acids is 1. The average Bonchev–Trinajstić information content (AvgIpc) is 3.21. The Kier molecular flexibility index (Phi) is 7.10. The molecule has 0 spiro atoms. The van der Waals surface area contributed by atoms with Crippen LogP contribution in [-0.4, -0.2) is 53.4 Å². The second kappa shape index (κ2) is 10.2. The number of hydrogen-bond donors (Lipinski definition) is 1. The van der Waals surface area contributed by atoms with E-state index in [0.717, 1.165) is 55.4 Å². The Bertz CT molecular complexity index is 928. The van der Waals surface area contributed by atoms with Gasteiger partial charge in [0.2, 0.25) is 5.91 Å². The minimum Gasteiger partial charge on any atom is -0.352 e. The molecule has 30 heavy (non-hydrogen) atoms. The van der Waals surface area contributed by atoms with Gasteiger partial charge in [0.15, 0.2) is 0 Å². The van der Waals surface area contributed by atoms with Crippen molar-refractivity contribution in [3.8, 4) is 0 Å². The van der Waals surface area contributed by atoms with Crippen LogP contribution in [0.25, 0.3) is 10.2 Å². The molecule has 1 amide bonds. The van der Waals surface area contributed by atoms with Gasteiger partial charge in [-0.1, -0.05) is 43.3 Å². The number of rotatable bonds is 8. The molecule has 3 aromatic rings. The third kappa shape index (κ3) is 5.65. The van der Waals surface area contributed by atoms with E-state index in [1.807, 2.05) is 18.2 Å². The molecule has 158 valence electrons. The molecular weight excluding hydrogens is 392 g/mol. The van der Waals surface area contributed by atoms with E-state index in [1.165, 1.54) is 10.3 Å². The van der Waals surface area contributed by atoms with Gasteiger partial charge in [0.1, 0.15) is 0 Å². The lowest BCUT2D eigenvalue weighted by Gasteiger charge is -2.34. The summed E-state index contributed by atoms with van der Waals surface area (Å²) in [5.74, 6) is 0.0760. The number of aryl methyl sites for hydroxylation is 1. The van der Waals surface area contributed by atoms with E-state index in [9.17, 15) is 4.79 Å². The number of para-hydroxylation sites is 1. The molecule has 4 rings (SSSR count). The highest BCUT2D eigenvalue weighted by atomic mass is 32.1. The maximum atomic E-state index is 12.2. The van der Waals surface area contributed by atoms with Gasteiger partial charge >= 0.3 is 0 Å². The Morgan fingerprint density at radius 2 is 1.70 bits per heavy atom. The number of aromatic nitrogens is 1. The summed E-state index contributed by atoms with van der Waals surface area (Å²) in [6, 6.07) is 16.8. The summed E-state index contributed by atoms with van der Waals surface area (Å²) < 4.78 is 1.18. The topological polar surface area (TPSA) is 48.5 Å². The largest absolute Gasteiger partial charge is 0.352 e. The number of carbonyl (C=O) groups is 1. The van der Waals surface area contributed by atoms with Gasteiger partial charge in [0.05, 0.1) is 15.2 Å². The van der Waals surface area contributed by atoms with Crippen LogP contribution in [0.3, 0.4) is 0 Å². The molecule has 1 aromatic heterocycles. The zero-order chi connectivity index (χ0) is 20.8. The molecule has 1 fully saturated rings. The number of thiazole rings is 1. The number of likely N-dealkylation sites (N-methyl/N-ethyl adjacent to an activating group) is 1. The molecular formula is C24H30N4OS. The van der Waals surface area contributed by atoms with Crippen molar-refractivity contribution in [2.75, 3.05) is 32.7 Å². The van der Waals surface area contributed by atoms with E-state index in [0.29, 0.717) is 19.4 Å². The van der Waals surface area contributed by atoms with Crippen LogP contribution in [-0.2, 0) is 24.3 Å².